The highest BCUT2D eigenvalue weighted by Gasteiger charge is 2.61. The van der Waals surface area contributed by atoms with Gasteiger partial charge in [0.25, 0.3) is 0 Å². The summed E-state index contributed by atoms with van der Waals surface area (Å²) >= 11 is 3.36. The number of benzene rings is 1. The number of nitrogens with two attached hydrogens (primary N) is 1. The van der Waals surface area contributed by atoms with Crippen LogP contribution in [0.25, 0.3) is 0 Å². The maximum atomic E-state index is 13.3. The van der Waals surface area contributed by atoms with Crippen molar-refractivity contribution in [1.82, 2.24) is 0 Å². The second-order valence-electron chi connectivity index (χ2n) is 6.29. The molecule has 9 nitrogen and oxygen atoms in total. The van der Waals surface area contributed by atoms with Gasteiger partial charge in [-0.15, -0.1) is 0 Å². The van der Waals surface area contributed by atoms with Crippen LogP contribution in [0.1, 0.15) is 12.5 Å². The summed E-state index contributed by atoms with van der Waals surface area (Å²) in [5, 5.41) is 2.71. The minimum Gasteiger partial charge on any atom is -0.466 e. The number of carbonyl (C=O) groups excluding carboxylic acids is 3. The van der Waals surface area contributed by atoms with E-state index in [0.717, 1.165) is 0 Å². The molecular formula is C19H19BrN2O7. The molecule has 3 rings (SSSR count). The Balaban J connectivity index is 2.30. The molecule has 1 aromatic carbocycles. The van der Waals surface area contributed by atoms with Crippen molar-refractivity contribution in [2.24, 2.45) is 5.73 Å². The van der Waals surface area contributed by atoms with Crippen molar-refractivity contribution >= 4 is 39.5 Å². The van der Waals surface area contributed by atoms with Gasteiger partial charge in [0.05, 0.1) is 13.7 Å². The van der Waals surface area contributed by atoms with Crippen LogP contribution in [-0.4, -0.2) is 45.3 Å². The van der Waals surface area contributed by atoms with Crippen LogP contribution in [0.5, 0.6) is 0 Å². The molecule has 2 aliphatic rings. The number of hydrogen-bond donors (Lipinski definition) is 2. The third-order valence-electron chi connectivity index (χ3n) is 4.70. The topological polar surface area (TPSA) is 126 Å². The minimum absolute atomic E-state index is 0.0470. The van der Waals surface area contributed by atoms with Gasteiger partial charge in [-0.25, -0.2) is 9.59 Å². The molecule has 1 spiro atoms. The second-order valence-corrected chi connectivity index (χ2v) is 7.20. The molecule has 3 N–H and O–H groups in total. The van der Waals surface area contributed by atoms with Crippen molar-refractivity contribution in [3.05, 3.63) is 51.0 Å². The molecule has 154 valence electrons. The van der Waals surface area contributed by atoms with Crippen LogP contribution in [0.4, 0.5) is 5.69 Å². The summed E-state index contributed by atoms with van der Waals surface area (Å²) in [5.41, 5.74) is 4.47. The minimum atomic E-state index is -1.89. The third kappa shape index (κ3) is 3.18. The molecule has 0 bridgehead atoms. The number of nitrogens with one attached hydrogen (secondary N) is 1. The van der Waals surface area contributed by atoms with Gasteiger partial charge in [0.2, 0.25) is 11.8 Å². The van der Waals surface area contributed by atoms with E-state index in [1.807, 2.05) is 0 Å². The van der Waals surface area contributed by atoms with E-state index in [1.54, 1.807) is 18.2 Å². The Bertz CT molecular complexity index is 969. The zero-order valence-electron chi connectivity index (χ0n) is 16.0. The van der Waals surface area contributed by atoms with Crippen molar-refractivity contribution < 1.29 is 33.3 Å². The summed E-state index contributed by atoms with van der Waals surface area (Å²) < 4.78 is 21.1. The van der Waals surface area contributed by atoms with Gasteiger partial charge in [0.1, 0.15) is 28.9 Å². The van der Waals surface area contributed by atoms with Gasteiger partial charge in [-0.1, -0.05) is 15.9 Å². The molecule has 2 aliphatic heterocycles. The van der Waals surface area contributed by atoms with Gasteiger partial charge in [0.15, 0.2) is 0 Å². The van der Waals surface area contributed by atoms with Gasteiger partial charge in [0, 0.05) is 22.8 Å². The number of hydrogen-bond acceptors (Lipinski definition) is 8. The summed E-state index contributed by atoms with van der Waals surface area (Å²) in [7, 11) is 2.62. The van der Waals surface area contributed by atoms with E-state index in [9.17, 15) is 14.4 Å². The number of amides is 1. The first kappa shape index (κ1) is 20.9. The van der Waals surface area contributed by atoms with Crippen molar-refractivity contribution in [2.75, 3.05) is 32.8 Å². The smallest absolute Gasteiger partial charge is 0.341 e. The zero-order valence-corrected chi connectivity index (χ0v) is 17.5. The molecule has 0 unspecified atom stereocenters. The average molecular weight is 467 g/mol. The molecule has 0 radical (unpaired) electrons. The Morgan fingerprint density at radius 3 is 2.59 bits per heavy atom. The Labute approximate surface area is 174 Å². The number of allylic oxidation sites excluding steroid dienone is 1. The van der Waals surface area contributed by atoms with Gasteiger partial charge < -0.3 is 30.0 Å². The van der Waals surface area contributed by atoms with Crippen molar-refractivity contribution in [2.45, 2.75) is 12.3 Å². The van der Waals surface area contributed by atoms with Crippen LogP contribution >= 0.6 is 15.9 Å². The number of esters is 2. The standard InChI is InChI=1S/C19H19BrN2O7/c1-9-13(16(23)27-3)19(11-8-10(20)4-5-12(11)22-18(19)25)14(15(21)29-9)17(24)28-7-6-26-2/h4-5,8H,6-7,21H2,1-3H3,(H,22,25)/t19-/m1/s1. The van der Waals surface area contributed by atoms with Crippen molar-refractivity contribution in [3.8, 4) is 0 Å². The molecule has 1 atom stereocenters. The highest BCUT2D eigenvalue weighted by molar-refractivity contribution is 9.10. The highest BCUT2D eigenvalue weighted by Crippen LogP contribution is 2.52. The van der Waals surface area contributed by atoms with Crippen LogP contribution in [0.2, 0.25) is 0 Å². The fourth-order valence-corrected chi connectivity index (χ4v) is 3.91. The van der Waals surface area contributed by atoms with E-state index in [0.29, 0.717) is 15.7 Å². The number of carbonyl (C=O) groups is 3. The highest BCUT2D eigenvalue weighted by atomic mass is 79.9. The lowest BCUT2D eigenvalue weighted by Crippen LogP contribution is -2.48. The molecular weight excluding hydrogens is 448 g/mol. The zero-order chi connectivity index (χ0) is 21.3. The Morgan fingerprint density at radius 1 is 1.21 bits per heavy atom. The van der Waals surface area contributed by atoms with Gasteiger partial charge in [-0.3, -0.25) is 4.79 Å². The molecule has 0 aliphatic carbocycles. The maximum Gasteiger partial charge on any atom is 0.341 e. The van der Waals surface area contributed by atoms with E-state index < -0.39 is 23.3 Å². The first-order chi connectivity index (χ1) is 13.8. The molecule has 0 saturated heterocycles. The SMILES string of the molecule is COCCOC(=O)C1=C(N)OC(C)=C(C(=O)OC)[C@@]12C(=O)Nc1ccc(Br)cc12. The number of anilines is 1. The lowest BCUT2D eigenvalue weighted by molar-refractivity contribution is -0.143. The summed E-state index contributed by atoms with van der Waals surface area (Å²) in [6.45, 7) is 1.53. The number of methoxy groups -OCH3 is 2. The molecule has 0 fully saturated rings. The van der Waals surface area contributed by atoms with Crippen molar-refractivity contribution in [1.29, 1.82) is 0 Å². The van der Waals surface area contributed by atoms with E-state index >= 15 is 0 Å². The van der Waals surface area contributed by atoms with Crippen LogP contribution in [0.3, 0.4) is 0 Å². The van der Waals surface area contributed by atoms with Crippen LogP contribution in [-0.2, 0) is 38.7 Å². The Hall–Kier alpha value is -2.85. The number of rotatable bonds is 5. The monoisotopic (exact) mass is 466 g/mol. The molecule has 29 heavy (non-hydrogen) atoms. The molecule has 0 aromatic heterocycles. The normalized spacial score (nSPS) is 20.3. The Morgan fingerprint density at radius 2 is 1.93 bits per heavy atom. The predicted octanol–water partition coefficient (Wildman–Crippen LogP) is 1.48. The number of fused-ring (bicyclic) bond motifs is 2. The van der Waals surface area contributed by atoms with Gasteiger partial charge in [-0.2, -0.15) is 0 Å². The van der Waals surface area contributed by atoms with Crippen LogP contribution in [0, 0.1) is 0 Å². The van der Waals surface area contributed by atoms with E-state index in [4.69, 9.17) is 24.7 Å². The van der Waals surface area contributed by atoms with Gasteiger partial charge >= 0.3 is 11.9 Å². The fourth-order valence-electron chi connectivity index (χ4n) is 3.55. The summed E-state index contributed by atoms with van der Waals surface area (Å²) in [5.74, 6) is -2.67. The molecule has 10 heteroatoms. The molecule has 1 aromatic rings. The van der Waals surface area contributed by atoms with E-state index in [-0.39, 0.29) is 36.0 Å². The average Bonchev–Trinajstić information content (AvgIpc) is 2.93. The lowest BCUT2D eigenvalue weighted by atomic mass is 9.67. The van der Waals surface area contributed by atoms with E-state index in [2.05, 4.69) is 21.2 Å². The third-order valence-corrected chi connectivity index (χ3v) is 5.19. The van der Waals surface area contributed by atoms with Crippen molar-refractivity contribution in [3.63, 3.8) is 0 Å². The molecule has 1 amide bonds. The largest absolute Gasteiger partial charge is 0.466 e. The van der Waals surface area contributed by atoms with Gasteiger partial charge in [-0.05, 0) is 25.1 Å². The first-order valence-electron chi connectivity index (χ1n) is 8.54. The van der Waals surface area contributed by atoms with Crippen LogP contribution in [0.15, 0.2) is 45.5 Å². The number of halogens is 1. The number of ether oxygens (including phenoxy) is 4. The quantitative estimate of drug-likeness (QED) is 0.493. The maximum absolute atomic E-state index is 13.3. The summed E-state index contributed by atoms with van der Waals surface area (Å²) in [6, 6.07) is 5.00. The lowest BCUT2D eigenvalue weighted by Gasteiger charge is -2.35. The summed E-state index contributed by atoms with van der Waals surface area (Å²) in [4.78, 5) is 39.1. The fraction of sp³-hybridized carbons (Fsp3) is 0.316. The molecule has 2 heterocycles. The first-order valence-corrected chi connectivity index (χ1v) is 9.33. The molecule has 0 saturated carbocycles. The second kappa shape index (κ2) is 7.88. The predicted molar refractivity (Wildman–Crippen MR) is 104 cm³/mol. The van der Waals surface area contributed by atoms with E-state index in [1.165, 1.54) is 21.1 Å². The summed E-state index contributed by atoms with van der Waals surface area (Å²) in [6.07, 6.45) is 0. The van der Waals surface area contributed by atoms with Crippen LogP contribution < -0.4 is 11.1 Å². The Kier molecular flexibility index (Phi) is 5.67.